The monoisotopic (exact) mass is 170 g/mol. The first-order valence-corrected chi connectivity index (χ1v) is 7.20. The molecule has 0 fully saturated rings. The summed E-state index contributed by atoms with van der Waals surface area (Å²) in [5.74, 6) is 0.705. The first-order valence-electron chi connectivity index (χ1n) is 3.79. The minimum Gasteiger partial charge on any atom is -0.531 e. The van der Waals surface area contributed by atoms with Crippen LogP contribution in [0.3, 0.4) is 0 Å². The van der Waals surface area contributed by atoms with E-state index >= 15 is 0 Å². The fraction of sp³-hybridized carbons (Fsp3) is 0.714. The highest BCUT2D eigenvalue weighted by molar-refractivity contribution is 6.70. The van der Waals surface area contributed by atoms with Crippen LogP contribution in [0, 0.1) is 0 Å². The van der Waals surface area contributed by atoms with E-state index < -0.39 is 8.32 Å². The van der Waals surface area contributed by atoms with Crippen molar-refractivity contribution in [1.29, 1.82) is 0 Å². The fourth-order valence-corrected chi connectivity index (χ4v) is 1.53. The minimum absolute atomic E-state index is 0.196. The highest BCUT2D eigenvalue weighted by atomic mass is 28.4. The molecule has 0 unspecified atom stereocenters. The van der Waals surface area contributed by atoms with Gasteiger partial charge in [0.15, 0.2) is 0 Å². The zero-order valence-corrected chi connectivity index (χ0v) is 8.46. The van der Waals surface area contributed by atoms with Crippen LogP contribution >= 0.6 is 0 Å². The van der Waals surface area contributed by atoms with Crippen molar-refractivity contribution in [2.45, 2.75) is 32.6 Å². The maximum Gasteiger partial charge on any atom is 0.244 e. The maximum atomic E-state index is 5.61. The predicted octanol–water partition coefficient (Wildman–Crippen LogP) is 2.53. The zero-order chi connectivity index (χ0) is 8.48. The summed E-state index contributed by atoms with van der Waals surface area (Å²) in [5.41, 5.74) is 0. The van der Waals surface area contributed by atoms with Crippen LogP contribution in [0.4, 0.5) is 0 Å². The molecule has 1 aliphatic rings. The van der Waals surface area contributed by atoms with Gasteiger partial charge in [-0.1, -0.05) is 0 Å². The van der Waals surface area contributed by atoms with E-state index in [9.17, 15) is 0 Å². The Balaban J connectivity index is 2.53. The van der Waals surface area contributed by atoms with Gasteiger partial charge in [0.05, 0.1) is 6.04 Å². The smallest absolute Gasteiger partial charge is 0.244 e. The Morgan fingerprint density at radius 1 is 1.45 bits per heavy atom. The van der Waals surface area contributed by atoms with E-state index in [1.807, 2.05) is 13.0 Å². The molecule has 62 valence electrons. The number of hydrogen-bond acceptors (Lipinski definition) is 3. The summed E-state index contributed by atoms with van der Waals surface area (Å²) >= 11 is 0. The van der Waals surface area contributed by atoms with Crippen molar-refractivity contribution < 1.29 is 4.43 Å². The van der Waals surface area contributed by atoms with E-state index in [4.69, 9.17) is 4.43 Å². The third-order valence-electron chi connectivity index (χ3n) is 1.13. The Kier molecular flexibility index (Phi) is 2.13. The van der Waals surface area contributed by atoms with Gasteiger partial charge in [0.25, 0.3) is 0 Å². The van der Waals surface area contributed by atoms with E-state index in [2.05, 4.69) is 29.9 Å². The minimum atomic E-state index is -1.47. The molecule has 4 heteroatoms. The third kappa shape index (κ3) is 2.84. The Morgan fingerprint density at radius 3 is 2.45 bits per heavy atom. The van der Waals surface area contributed by atoms with Crippen molar-refractivity contribution in [2.75, 3.05) is 0 Å². The second kappa shape index (κ2) is 2.77. The van der Waals surface area contributed by atoms with Crippen LogP contribution in [0.15, 0.2) is 22.2 Å². The highest BCUT2D eigenvalue weighted by Crippen LogP contribution is 2.17. The van der Waals surface area contributed by atoms with Crippen LogP contribution in [-0.4, -0.2) is 14.4 Å². The quantitative estimate of drug-likeness (QED) is 0.586. The highest BCUT2D eigenvalue weighted by Gasteiger charge is 2.19. The molecule has 0 bridgehead atoms. The van der Waals surface area contributed by atoms with Crippen LogP contribution in [0.1, 0.15) is 6.92 Å². The summed E-state index contributed by atoms with van der Waals surface area (Å²) < 4.78 is 5.61. The molecule has 0 saturated carbocycles. The van der Waals surface area contributed by atoms with Crippen molar-refractivity contribution >= 4 is 8.32 Å². The van der Waals surface area contributed by atoms with Crippen molar-refractivity contribution in [2.24, 2.45) is 10.2 Å². The molecular formula is C7H14N2OSi. The van der Waals surface area contributed by atoms with Crippen LogP contribution < -0.4 is 0 Å². The van der Waals surface area contributed by atoms with Gasteiger partial charge in [-0.15, -0.1) is 5.11 Å². The summed E-state index contributed by atoms with van der Waals surface area (Å²) in [6.45, 7) is 8.38. The molecule has 0 N–H and O–H groups in total. The van der Waals surface area contributed by atoms with Crippen LogP contribution in [0.2, 0.25) is 19.6 Å². The van der Waals surface area contributed by atoms with Gasteiger partial charge >= 0.3 is 0 Å². The molecule has 0 radical (unpaired) electrons. The molecule has 0 aromatic rings. The van der Waals surface area contributed by atoms with E-state index in [-0.39, 0.29) is 6.04 Å². The summed E-state index contributed by atoms with van der Waals surface area (Å²) in [5, 5.41) is 7.83. The Labute approximate surface area is 68.3 Å². The molecule has 0 amide bonds. The van der Waals surface area contributed by atoms with Gasteiger partial charge in [0.1, 0.15) is 0 Å². The van der Waals surface area contributed by atoms with Crippen molar-refractivity contribution in [3.63, 3.8) is 0 Å². The average Bonchev–Trinajstić information content (AvgIpc) is 2.10. The molecular weight excluding hydrogens is 156 g/mol. The predicted molar refractivity (Wildman–Crippen MR) is 46.8 cm³/mol. The standard InChI is InChI=1S/C7H14N2OSi/c1-6-5-7(9-8-6)10-11(2,3)4/h5-6H,1-4H3/t6-/m1/s1. The molecule has 1 rings (SSSR count). The Bertz CT molecular complexity index is 205. The number of azo groups is 1. The van der Waals surface area contributed by atoms with E-state index in [0.29, 0.717) is 5.88 Å². The van der Waals surface area contributed by atoms with Gasteiger partial charge in [0.2, 0.25) is 14.2 Å². The average molecular weight is 170 g/mol. The molecule has 0 spiro atoms. The second-order valence-electron chi connectivity index (χ2n) is 3.68. The SMILES string of the molecule is C[C@@H]1C=C(O[Si](C)(C)C)N=N1. The fourth-order valence-electron chi connectivity index (χ4n) is 0.789. The molecule has 3 nitrogen and oxygen atoms in total. The molecule has 1 heterocycles. The lowest BCUT2D eigenvalue weighted by Gasteiger charge is -2.16. The summed E-state index contributed by atoms with van der Waals surface area (Å²) in [6.07, 6.45) is 1.94. The molecule has 11 heavy (non-hydrogen) atoms. The number of hydrogen-bond donors (Lipinski definition) is 0. The zero-order valence-electron chi connectivity index (χ0n) is 7.46. The largest absolute Gasteiger partial charge is 0.531 e. The van der Waals surface area contributed by atoms with Crippen molar-refractivity contribution in [3.8, 4) is 0 Å². The van der Waals surface area contributed by atoms with Gasteiger partial charge in [-0.25, -0.2) is 0 Å². The third-order valence-corrected chi connectivity index (χ3v) is 1.95. The molecule has 0 saturated heterocycles. The van der Waals surface area contributed by atoms with E-state index in [1.54, 1.807) is 0 Å². The van der Waals surface area contributed by atoms with Gasteiger partial charge in [0, 0.05) is 6.08 Å². The Hall–Kier alpha value is -0.643. The lowest BCUT2D eigenvalue weighted by Crippen LogP contribution is -2.24. The Morgan fingerprint density at radius 2 is 2.09 bits per heavy atom. The summed E-state index contributed by atoms with van der Waals surface area (Å²) in [4.78, 5) is 0. The van der Waals surface area contributed by atoms with E-state index in [1.165, 1.54) is 0 Å². The summed E-state index contributed by atoms with van der Waals surface area (Å²) in [6, 6.07) is 0.196. The second-order valence-corrected chi connectivity index (χ2v) is 8.10. The van der Waals surface area contributed by atoms with Gasteiger partial charge in [-0.05, 0) is 26.6 Å². The maximum absolute atomic E-state index is 5.61. The van der Waals surface area contributed by atoms with Crippen molar-refractivity contribution in [1.82, 2.24) is 0 Å². The van der Waals surface area contributed by atoms with Crippen LogP contribution in [0.5, 0.6) is 0 Å². The molecule has 1 aliphatic heterocycles. The number of nitrogens with zero attached hydrogens (tertiary/aromatic N) is 2. The first kappa shape index (κ1) is 8.45. The lowest BCUT2D eigenvalue weighted by molar-refractivity contribution is 0.415. The van der Waals surface area contributed by atoms with Crippen LogP contribution in [-0.2, 0) is 4.43 Å². The molecule has 0 aliphatic carbocycles. The van der Waals surface area contributed by atoms with Crippen molar-refractivity contribution in [3.05, 3.63) is 12.0 Å². The topological polar surface area (TPSA) is 34.0 Å². The van der Waals surface area contributed by atoms with Gasteiger partial charge in [-0.3, -0.25) is 0 Å². The van der Waals surface area contributed by atoms with Gasteiger partial charge in [-0.2, -0.15) is 5.11 Å². The van der Waals surface area contributed by atoms with Gasteiger partial charge < -0.3 is 4.43 Å². The summed E-state index contributed by atoms with van der Waals surface area (Å²) in [7, 11) is -1.47. The van der Waals surface area contributed by atoms with E-state index in [0.717, 1.165) is 0 Å². The number of rotatable bonds is 2. The first-order chi connectivity index (χ1) is 4.97. The molecule has 1 atom stereocenters. The lowest BCUT2D eigenvalue weighted by atomic mass is 10.4. The molecule has 0 aromatic heterocycles. The normalized spacial score (nSPS) is 23.6. The van der Waals surface area contributed by atoms with Crippen LogP contribution in [0.25, 0.3) is 0 Å². The molecule has 0 aromatic carbocycles.